The molecule has 140 valence electrons. The number of imidazole rings is 1. The Morgan fingerprint density at radius 1 is 1.19 bits per heavy atom. The second-order valence-electron chi connectivity index (χ2n) is 7.13. The molecule has 0 radical (unpaired) electrons. The maximum atomic E-state index is 12.0. The maximum absolute atomic E-state index is 12.0. The molecule has 2 aromatic carbocycles. The average Bonchev–Trinajstić information content (AvgIpc) is 3.47. The molecule has 4 rings (SSSR count). The Morgan fingerprint density at radius 2 is 1.96 bits per heavy atom. The number of nitrogens with one attached hydrogen (secondary N) is 1. The topological polar surface area (TPSA) is 56.1 Å². The quantitative estimate of drug-likeness (QED) is 0.619. The molecule has 5 nitrogen and oxygen atoms in total. The van der Waals surface area contributed by atoms with Crippen molar-refractivity contribution in [3.05, 3.63) is 59.9 Å². The van der Waals surface area contributed by atoms with Gasteiger partial charge in [-0.1, -0.05) is 30.3 Å². The van der Waals surface area contributed by atoms with Crippen LogP contribution in [-0.2, 0) is 17.9 Å². The summed E-state index contributed by atoms with van der Waals surface area (Å²) in [5, 5.41) is 3.03. The lowest BCUT2D eigenvalue weighted by molar-refractivity contribution is -0.122. The SMILES string of the molecule is Cc1ccccc1OCCCn1c(CNC(=O)C2CC2)nc2ccccc21. The Labute approximate surface area is 159 Å². The molecule has 0 spiro atoms. The predicted molar refractivity (Wildman–Crippen MR) is 106 cm³/mol. The number of para-hydroxylation sites is 3. The first kappa shape index (κ1) is 17.6. The molecule has 0 bridgehead atoms. The molecular formula is C22H25N3O2. The van der Waals surface area contributed by atoms with Crippen LogP contribution in [0.15, 0.2) is 48.5 Å². The fourth-order valence-electron chi connectivity index (χ4n) is 3.29. The van der Waals surface area contributed by atoms with E-state index in [9.17, 15) is 4.79 Å². The summed E-state index contributed by atoms with van der Waals surface area (Å²) in [6, 6.07) is 16.2. The van der Waals surface area contributed by atoms with Crippen molar-refractivity contribution < 1.29 is 9.53 Å². The molecule has 1 amide bonds. The van der Waals surface area contributed by atoms with E-state index in [2.05, 4.69) is 28.9 Å². The number of benzene rings is 2. The first-order chi connectivity index (χ1) is 13.2. The van der Waals surface area contributed by atoms with Crippen LogP contribution in [0.2, 0.25) is 0 Å². The maximum Gasteiger partial charge on any atom is 0.223 e. The summed E-state index contributed by atoms with van der Waals surface area (Å²) in [5.41, 5.74) is 3.21. The van der Waals surface area contributed by atoms with E-state index >= 15 is 0 Å². The van der Waals surface area contributed by atoms with Gasteiger partial charge in [0, 0.05) is 12.5 Å². The summed E-state index contributed by atoms with van der Waals surface area (Å²) in [4.78, 5) is 16.7. The van der Waals surface area contributed by atoms with Crippen LogP contribution in [0, 0.1) is 12.8 Å². The highest BCUT2D eigenvalue weighted by atomic mass is 16.5. The van der Waals surface area contributed by atoms with Crippen molar-refractivity contribution in [3.63, 3.8) is 0 Å². The van der Waals surface area contributed by atoms with E-state index in [1.807, 2.05) is 36.4 Å². The molecule has 1 fully saturated rings. The zero-order valence-electron chi connectivity index (χ0n) is 15.6. The minimum absolute atomic E-state index is 0.150. The number of hydrogen-bond acceptors (Lipinski definition) is 3. The van der Waals surface area contributed by atoms with Crippen LogP contribution in [0.1, 0.15) is 30.7 Å². The molecule has 1 heterocycles. The lowest BCUT2D eigenvalue weighted by Crippen LogP contribution is -2.26. The van der Waals surface area contributed by atoms with Crippen LogP contribution >= 0.6 is 0 Å². The van der Waals surface area contributed by atoms with Gasteiger partial charge >= 0.3 is 0 Å². The van der Waals surface area contributed by atoms with Gasteiger partial charge in [0.2, 0.25) is 5.91 Å². The third kappa shape index (κ3) is 4.13. The number of carbonyl (C=O) groups is 1. The highest BCUT2D eigenvalue weighted by Crippen LogP contribution is 2.29. The zero-order valence-corrected chi connectivity index (χ0v) is 15.6. The highest BCUT2D eigenvalue weighted by molar-refractivity contribution is 5.81. The van der Waals surface area contributed by atoms with Crippen molar-refractivity contribution >= 4 is 16.9 Å². The molecule has 1 N–H and O–H groups in total. The minimum Gasteiger partial charge on any atom is -0.493 e. The van der Waals surface area contributed by atoms with E-state index < -0.39 is 0 Å². The molecule has 3 aromatic rings. The lowest BCUT2D eigenvalue weighted by Gasteiger charge is -2.12. The smallest absolute Gasteiger partial charge is 0.223 e. The monoisotopic (exact) mass is 363 g/mol. The Balaban J connectivity index is 1.42. The minimum atomic E-state index is 0.150. The van der Waals surface area contributed by atoms with Crippen molar-refractivity contribution in [2.75, 3.05) is 6.61 Å². The predicted octanol–water partition coefficient (Wildman–Crippen LogP) is 3.84. The van der Waals surface area contributed by atoms with E-state index in [4.69, 9.17) is 9.72 Å². The van der Waals surface area contributed by atoms with Crippen molar-refractivity contribution in [1.82, 2.24) is 14.9 Å². The molecule has 5 heteroatoms. The van der Waals surface area contributed by atoms with Crippen LogP contribution in [0.25, 0.3) is 11.0 Å². The molecule has 1 aromatic heterocycles. The van der Waals surface area contributed by atoms with Crippen molar-refractivity contribution in [2.24, 2.45) is 5.92 Å². The van der Waals surface area contributed by atoms with E-state index in [1.165, 1.54) is 0 Å². The Morgan fingerprint density at radius 3 is 2.78 bits per heavy atom. The van der Waals surface area contributed by atoms with Crippen molar-refractivity contribution in [3.8, 4) is 5.75 Å². The number of nitrogens with zero attached hydrogens (tertiary/aromatic N) is 2. The summed E-state index contributed by atoms with van der Waals surface area (Å²) < 4.78 is 8.12. The standard InChI is InChI=1S/C22H25N3O2/c1-16-7-2-5-10-20(16)27-14-6-13-25-19-9-4-3-8-18(19)24-21(25)15-23-22(26)17-11-12-17/h2-5,7-10,17H,6,11-15H2,1H3,(H,23,26). The number of aryl methyl sites for hydroxylation is 2. The number of hydrogen-bond donors (Lipinski definition) is 1. The van der Waals surface area contributed by atoms with Crippen LogP contribution in [-0.4, -0.2) is 22.1 Å². The summed E-state index contributed by atoms with van der Waals surface area (Å²) in [7, 11) is 0. The second-order valence-corrected chi connectivity index (χ2v) is 7.13. The van der Waals surface area contributed by atoms with Gasteiger partial charge in [0.1, 0.15) is 11.6 Å². The molecule has 27 heavy (non-hydrogen) atoms. The summed E-state index contributed by atoms with van der Waals surface area (Å²) >= 11 is 0. The van der Waals surface area contributed by atoms with Gasteiger partial charge in [-0.15, -0.1) is 0 Å². The van der Waals surface area contributed by atoms with Gasteiger partial charge in [-0.3, -0.25) is 4.79 Å². The first-order valence-electron chi connectivity index (χ1n) is 9.62. The zero-order chi connectivity index (χ0) is 18.6. The van der Waals surface area contributed by atoms with Crippen LogP contribution in [0.3, 0.4) is 0 Å². The fraction of sp³-hybridized carbons (Fsp3) is 0.364. The molecular weight excluding hydrogens is 338 g/mol. The van der Waals surface area contributed by atoms with E-state index in [0.717, 1.165) is 54.0 Å². The van der Waals surface area contributed by atoms with Crippen LogP contribution in [0.4, 0.5) is 0 Å². The molecule has 1 aliphatic carbocycles. The normalized spacial score (nSPS) is 13.7. The molecule has 0 atom stereocenters. The van der Waals surface area contributed by atoms with Gasteiger partial charge in [-0.2, -0.15) is 0 Å². The number of rotatable bonds is 8. The first-order valence-corrected chi connectivity index (χ1v) is 9.62. The molecule has 0 unspecified atom stereocenters. The second kappa shape index (κ2) is 7.82. The van der Waals surface area contributed by atoms with E-state index in [1.54, 1.807) is 0 Å². The van der Waals surface area contributed by atoms with Gasteiger partial charge in [0.25, 0.3) is 0 Å². The molecule has 0 saturated heterocycles. The molecule has 1 saturated carbocycles. The third-order valence-electron chi connectivity index (χ3n) is 4.98. The van der Waals surface area contributed by atoms with Gasteiger partial charge in [0.05, 0.1) is 24.2 Å². The van der Waals surface area contributed by atoms with Gasteiger partial charge in [0.15, 0.2) is 0 Å². The van der Waals surface area contributed by atoms with E-state index in [-0.39, 0.29) is 11.8 Å². The number of fused-ring (bicyclic) bond motifs is 1. The lowest BCUT2D eigenvalue weighted by atomic mass is 10.2. The molecule has 1 aliphatic rings. The largest absolute Gasteiger partial charge is 0.493 e. The van der Waals surface area contributed by atoms with Gasteiger partial charge in [-0.05, 0) is 49.9 Å². The Bertz CT molecular complexity index is 944. The Hall–Kier alpha value is -2.82. The van der Waals surface area contributed by atoms with Crippen LogP contribution < -0.4 is 10.1 Å². The summed E-state index contributed by atoms with van der Waals surface area (Å²) in [6.45, 7) is 3.98. The number of aromatic nitrogens is 2. The Kier molecular flexibility index (Phi) is 5.10. The van der Waals surface area contributed by atoms with Gasteiger partial charge < -0.3 is 14.6 Å². The highest BCUT2D eigenvalue weighted by Gasteiger charge is 2.29. The van der Waals surface area contributed by atoms with Crippen molar-refractivity contribution in [1.29, 1.82) is 0 Å². The van der Waals surface area contributed by atoms with Crippen molar-refractivity contribution in [2.45, 2.75) is 39.3 Å². The molecule has 0 aliphatic heterocycles. The van der Waals surface area contributed by atoms with E-state index in [0.29, 0.717) is 13.2 Å². The fourth-order valence-corrected chi connectivity index (χ4v) is 3.29. The average molecular weight is 363 g/mol. The summed E-state index contributed by atoms with van der Waals surface area (Å²) in [6.07, 6.45) is 2.90. The number of ether oxygens (including phenoxy) is 1. The van der Waals surface area contributed by atoms with Crippen LogP contribution in [0.5, 0.6) is 5.75 Å². The van der Waals surface area contributed by atoms with Gasteiger partial charge in [-0.25, -0.2) is 4.98 Å². The number of carbonyl (C=O) groups excluding carboxylic acids is 1. The third-order valence-corrected chi connectivity index (χ3v) is 4.98. The number of amides is 1. The summed E-state index contributed by atoms with van der Waals surface area (Å²) in [5.74, 6) is 2.20.